The summed E-state index contributed by atoms with van der Waals surface area (Å²) < 4.78 is 36.1. The number of hydrogen-bond acceptors (Lipinski definition) is 6. The van der Waals surface area contributed by atoms with Crippen LogP contribution in [0.5, 0.6) is 11.5 Å². The number of carbonyl (C=O) groups is 2. The maximum atomic E-state index is 12.4. The van der Waals surface area contributed by atoms with Crippen LogP contribution in [0.2, 0.25) is 0 Å². The Bertz CT molecular complexity index is 938. The van der Waals surface area contributed by atoms with Gasteiger partial charge in [0.05, 0.1) is 24.8 Å². The van der Waals surface area contributed by atoms with Crippen molar-refractivity contribution >= 4 is 22.2 Å². The van der Waals surface area contributed by atoms with Gasteiger partial charge in [0, 0.05) is 0 Å². The third-order valence-corrected chi connectivity index (χ3v) is 5.65. The van der Waals surface area contributed by atoms with Crippen LogP contribution in [0.4, 0.5) is 0 Å². The lowest BCUT2D eigenvalue weighted by Gasteiger charge is -2.16. The molecule has 0 atom stereocenters. The Morgan fingerprint density at radius 3 is 2.60 bits per heavy atom. The topological polar surface area (TPSA) is 90.0 Å². The second-order valence-electron chi connectivity index (χ2n) is 5.25. The minimum absolute atomic E-state index is 0.00183. The van der Waals surface area contributed by atoms with Crippen molar-refractivity contribution in [2.24, 2.45) is 0 Å². The summed E-state index contributed by atoms with van der Waals surface area (Å²) in [5.41, 5.74) is 0.429. The lowest BCUT2D eigenvalue weighted by atomic mass is 10.2. The van der Waals surface area contributed by atoms with Crippen LogP contribution in [-0.2, 0) is 10.0 Å². The predicted octanol–water partition coefficient (Wildman–Crippen LogP) is 1.73. The largest absolute Gasteiger partial charge is 0.497 e. The first-order valence-electron chi connectivity index (χ1n) is 7.41. The lowest BCUT2D eigenvalue weighted by Crippen LogP contribution is -2.33. The quantitative estimate of drug-likeness (QED) is 0.728. The van der Waals surface area contributed by atoms with E-state index in [-0.39, 0.29) is 34.9 Å². The zero-order valence-electron chi connectivity index (χ0n) is 13.3. The molecule has 0 saturated carbocycles. The van der Waals surface area contributed by atoms with Crippen molar-refractivity contribution in [1.29, 1.82) is 0 Å². The molecule has 1 amide bonds. The fraction of sp³-hybridized carbons (Fsp3) is 0.176. The standard InChI is InChI=1S/C17H15NO6S/c1-23-13-6-7-15(12(10-13)11-19)24-9-8-18-17(20)14-4-2-3-5-16(14)25(18,21)22/h2-7,10-11H,8-9H2,1H3. The molecule has 0 saturated heterocycles. The van der Waals surface area contributed by atoms with Gasteiger partial charge in [-0.05, 0) is 30.3 Å². The van der Waals surface area contributed by atoms with Crippen molar-refractivity contribution in [1.82, 2.24) is 4.31 Å². The minimum Gasteiger partial charge on any atom is -0.497 e. The van der Waals surface area contributed by atoms with Gasteiger partial charge in [-0.3, -0.25) is 9.59 Å². The van der Waals surface area contributed by atoms with Crippen molar-refractivity contribution < 1.29 is 27.5 Å². The molecular formula is C17H15NO6S. The van der Waals surface area contributed by atoms with Crippen LogP contribution in [0.25, 0.3) is 0 Å². The van der Waals surface area contributed by atoms with E-state index in [0.717, 1.165) is 4.31 Å². The fourth-order valence-electron chi connectivity index (χ4n) is 2.57. The molecule has 0 fully saturated rings. The van der Waals surface area contributed by atoms with Crippen molar-refractivity contribution in [3.8, 4) is 11.5 Å². The van der Waals surface area contributed by atoms with E-state index in [0.29, 0.717) is 12.0 Å². The molecule has 0 aromatic heterocycles. The third kappa shape index (κ3) is 2.96. The van der Waals surface area contributed by atoms with Crippen molar-refractivity contribution in [3.05, 3.63) is 53.6 Å². The van der Waals surface area contributed by atoms with Gasteiger partial charge in [-0.15, -0.1) is 0 Å². The molecule has 0 N–H and O–H groups in total. The number of ether oxygens (including phenoxy) is 2. The highest BCUT2D eigenvalue weighted by Gasteiger charge is 2.40. The second kappa shape index (κ2) is 6.56. The zero-order chi connectivity index (χ0) is 18.0. The number of aldehydes is 1. The number of sulfonamides is 1. The summed E-state index contributed by atoms with van der Waals surface area (Å²) in [5, 5.41) is 0. The normalized spacial score (nSPS) is 14.9. The van der Waals surface area contributed by atoms with E-state index < -0.39 is 15.9 Å². The molecule has 1 aliphatic heterocycles. The van der Waals surface area contributed by atoms with Gasteiger partial charge in [-0.2, -0.15) is 0 Å². The molecule has 0 aliphatic carbocycles. The molecule has 130 valence electrons. The first kappa shape index (κ1) is 17.0. The van der Waals surface area contributed by atoms with Crippen LogP contribution in [-0.4, -0.2) is 45.2 Å². The average Bonchev–Trinajstić information content (AvgIpc) is 2.82. The maximum Gasteiger partial charge on any atom is 0.269 e. The molecule has 0 unspecified atom stereocenters. The average molecular weight is 361 g/mol. The Kier molecular flexibility index (Phi) is 4.45. The number of nitrogens with zero attached hydrogens (tertiary/aromatic N) is 1. The van der Waals surface area contributed by atoms with Crippen molar-refractivity contribution in [3.63, 3.8) is 0 Å². The Labute approximate surface area is 144 Å². The van der Waals surface area contributed by atoms with Crippen LogP contribution in [0, 0.1) is 0 Å². The highest BCUT2D eigenvalue weighted by molar-refractivity contribution is 7.90. The Morgan fingerprint density at radius 2 is 1.92 bits per heavy atom. The summed E-state index contributed by atoms with van der Waals surface area (Å²) in [4.78, 5) is 23.4. The Balaban J connectivity index is 1.73. The van der Waals surface area contributed by atoms with Crippen LogP contribution in [0.1, 0.15) is 20.7 Å². The summed E-state index contributed by atoms with van der Waals surface area (Å²) in [6.07, 6.45) is 0.617. The first-order chi connectivity index (χ1) is 12.0. The van der Waals surface area contributed by atoms with E-state index in [2.05, 4.69) is 0 Å². The van der Waals surface area contributed by atoms with E-state index in [1.165, 1.54) is 25.3 Å². The van der Waals surface area contributed by atoms with Crippen LogP contribution < -0.4 is 9.47 Å². The monoisotopic (exact) mass is 361 g/mol. The smallest absolute Gasteiger partial charge is 0.269 e. The second-order valence-corrected chi connectivity index (χ2v) is 7.08. The number of fused-ring (bicyclic) bond motifs is 1. The summed E-state index contributed by atoms with van der Waals surface area (Å²) in [5.74, 6) is 0.212. The van der Waals surface area contributed by atoms with Gasteiger partial charge in [0.2, 0.25) is 0 Å². The van der Waals surface area contributed by atoms with Crippen LogP contribution in [0.15, 0.2) is 47.4 Å². The molecule has 3 rings (SSSR count). The fourth-order valence-corrected chi connectivity index (χ4v) is 4.12. The van der Waals surface area contributed by atoms with E-state index in [4.69, 9.17) is 9.47 Å². The van der Waals surface area contributed by atoms with Gasteiger partial charge in [0.25, 0.3) is 15.9 Å². The van der Waals surface area contributed by atoms with E-state index in [1.807, 2.05) is 0 Å². The van der Waals surface area contributed by atoms with E-state index >= 15 is 0 Å². The van der Waals surface area contributed by atoms with Gasteiger partial charge < -0.3 is 9.47 Å². The van der Waals surface area contributed by atoms with Crippen LogP contribution >= 0.6 is 0 Å². The molecule has 0 bridgehead atoms. The lowest BCUT2D eigenvalue weighted by molar-refractivity contribution is 0.0856. The maximum absolute atomic E-state index is 12.4. The van der Waals surface area contributed by atoms with Gasteiger partial charge in [0.1, 0.15) is 23.0 Å². The number of carbonyl (C=O) groups excluding carboxylic acids is 2. The molecule has 7 nitrogen and oxygen atoms in total. The number of rotatable bonds is 6. The summed E-state index contributed by atoms with van der Waals surface area (Å²) in [7, 11) is -2.38. The van der Waals surface area contributed by atoms with Gasteiger partial charge in [-0.1, -0.05) is 12.1 Å². The summed E-state index contributed by atoms with van der Waals surface area (Å²) in [6.45, 7) is -0.230. The summed E-state index contributed by atoms with van der Waals surface area (Å²) in [6, 6.07) is 10.7. The van der Waals surface area contributed by atoms with Crippen molar-refractivity contribution in [2.45, 2.75) is 4.90 Å². The van der Waals surface area contributed by atoms with Crippen molar-refractivity contribution in [2.75, 3.05) is 20.3 Å². The predicted molar refractivity (Wildman–Crippen MR) is 88.5 cm³/mol. The highest BCUT2D eigenvalue weighted by atomic mass is 32.2. The number of hydrogen-bond donors (Lipinski definition) is 0. The molecule has 1 heterocycles. The van der Waals surface area contributed by atoms with Crippen LogP contribution in [0.3, 0.4) is 0 Å². The molecule has 2 aromatic carbocycles. The molecule has 0 spiro atoms. The van der Waals surface area contributed by atoms with E-state index in [1.54, 1.807) is 24.3 Å². The molecule has 2 aromatic rings. The SMILES string of the molecule is COc1ccc(OCCN2C(=O)c3ccccc3S2(=O)=O)c(C=O)c1. The Morgan fingerprint density at radius 1 is 1.16 bits per heavy atom. The zero-order valence-corrected chi connectivity index (χ0v) is 14.2. The van der Waals surface area contributed by atoms with Gasteiger partial charge in [0.15, 0.2) is 6.29 Å². The Hall–Kier alpha value is -2.87. The third-order valence-electron chi connectivity index (χ3n) is 3.81. The highest BCUT2D eigenvalue weighted by Crippen LogP contribution is 2.29. The minimum atomic E-state index is -3.86. The molecule has 1 aliphatic rings. The van der Waals surface area contributed by atoms with E-state index in [9.17, 15) is 18.0 Å². The molecule has 25 heavy (non-hydrogen) atoms. The molecular weight excluding hydrogens is 346 g/mol. The van der Waals surface area contributed by atoms with Gasteiger partial charge >= 0.3 is 0 Å². The molecule has 0 radical (unpaired) electrons. The number of methoxy groups -OCH3 is 1. The first-order valence-corrected chi connectivity index (χ1v) is 8.85. The number of benzene rings is 2. The molecule has 8 heteroatoms. The van der Waals surface area contributed by atoms with Gasteiger partial charge in [-0.25, -0.2) is 12.7 Å². The number of amides is 1. The summed E-state index contributed by atoms with van der Waals surface area (Å²) >= 11 is 0.